The highest BCUT2D eigenvalue weighted by molar-refractivity contribution is 5.98. The fourth-order valence-corrected chi connectivity index (χ4v) is 2.55. The zero-order chi connectivity index (χ0) is 14.8. The number of fused-ring (bicyclic) bond motifs is 1. The SMILES string of the molecule is CN1CCCN(CC(=O)c2ccc3c(c2)OCO3)CC1=O. The van der Waals surface area contributed by atoms with Crippen molar-refractivity contribution in [3.8, 4) is 11.5 Å². The van der Waals surface area contributed by atoms with Crippen LogP contribution >= 0.6 is 0 Å². The van der Waals surface area contributed by atoms with E-state index in [0.29, 0.717) is 23.6 Å². The Kier molecular flexibility index (Phi) is 3.79. The summed E-state index contributed by atoms with van der Waals surface area (Å²) < 4.78 is 10.5. The number of hydrogen-bond donors (Lipinski definition) is 0. The van der Waals surface area contributed by atoms with Gasteiger partial charge in [-0.15, -0.1) is 0 Å². The van der Waals surface area contributed by atoms with Crippen molar-refractivity contribution in [2.45, 2.75) is 6.42 Å². The largest absolute Gasteiger partial charge is 0.454 e. The molecule has 0 N–H and O–H groups in total. The van der Waals surface area contributed by atoms with Gasteiger partial charge < -0.3 is 14.4 Å². The molecular formula is C15H18N2O4. The summed E-state index contributed by atoms with van der Waals surface area (Å²) in [4.78, 5) is 27.8. The molecule has 0 radical (unpaired) electrons. The van der Waals surface area contributed by atoms with E-state index in [1.807, 2.05) is 4.90 Å². The average Bonchev–Trinajstić information content (AvgIpc) is 2.87. The maximum absolute atomic E-state index is 12.4. The van der Waals surface area contributed by atoms with Crippen molar-refractivity contribution in [2.75, 3.05) is 40.0 Å². The Balaban J connectivity index is 1.67. The summed E-state index contributed by atoms with van der Waals surface area (Å²) in [7, 11) is 1.80. The van der Waals surface area contributed by atoms with Crippen molar-refractivity contribution in [3.05, 3.63) is 23.8 Å². The van der Waals surface area contributed by atoms with Gasteiger partial charge in [0, 0.05) is 25.7 Å². The van der Waals surface area contributed by atoms with E-state index in [4.69, 9.17) is 9.47 Å². The van der Waals surface area contributed by atoms with Crippen LogP contribution in [-0.4, -0.2) is 61.5 Å². The quantitative estimate of drug-likeness (QED) is 0.769. The van der Waals surface area contributed by atoms with Crippen molar-refractivity contribution >= 4 is 11.7 Å². The highest BCUT2D eigenvalue weighted by atomic mass is 16.7. The summed E-state index contributed by atoms with van der Waals surface area (Å²) in [5.41, 5.74) is 0.587. The summed E-state index contributed by atoms with van der Waals surface area (Å²) in [6.07, 6.45) is 0.886. The molecule has 0 unspecified atom stereocenters. The number of nitrogens with zero attached hydrogens (tertiary/aromatic N) is 2. The minimum Gasteiger partial charge on any atom is -0.454 e. The topological polar surface area (TPSA) is 59.1 Å². The van der Waals surface area contributed by atoms with Gasteiger partial charge in [0.05, 0.1) is 13.1 Å². The van der Waals surface area contributed by atoms with Gasteiger partial charge >= 0.3 is 0 Å². The van der Waals surface area contributed by atoms with Crippen LogP contribution in [-0.2, 0) is 4.79 Å². The lowest BCUT2D eigenvalue weighted by Crippen LogP contribution is -2.37. The van der Waals surface area contributed by atoms with E-state index in [9.17, 15) is 9.59 Å². The third-order valence-electron chi connectivity index (χ3n) is 3.81. The molecule has 1 aromatic carbocycles. The molecule has 0 aromatic heterocycles. The molecule has 6 nitrogen and oxygen atoms in total. The molecule has 0 spiro atoms. The lowest BCUT2D eigenvalue weighted by molar-refractivity contribution is -0.129. The third kappa shape index (κ3) is 3.00. The Bertz CT molecular complexity index is 573. The molecule has 2 heterocycles. The van der Waals surface area contributed by atoms with E-state index < -0.39 is 0 Å². The first-order chi connectivity index (χ1) is 10.1. The Morgan fingerprint density at radius 1 is 1.24 bits per heavy atom. The minimum atomic E-state index is -0.00865. The van der Waals surface area contributed by atoms with Gasteiger partial charge in [0.1, 0.15) is 0 Å². The zero-order valence-corrected chi connectivity index (χ0v) is 12.0. The number of Topliss-reactive ketones (excluding diaryl/α,β-unsaturated/α-hetero) is 1. The molecule has 1 saturated heterocycles. The molecule has 1 amide bonds. The lowest BCUT2D eigenvalue weighted by atomic mass is 10.1. The molecule has 0 saturated carbocycles. The van der Waals surface area contributed by atoms with Crippen molar-refractivity contribution < 1.29 is 19.1 Å². The number of likely N-dealkylation sites (N-methyl/N-ethyl adjacent to an activating group) is 1. The molecule has 1 fully saturated rings. The van der Waals surface area contributed by atoms with E-state index in [1.54, 1.807) is 30.1 Å². The van der Waals surface area contributed by atoms with Gasteiger partial charge in [0.2, 0.25) is 12.7 Å². The predicted molar refractivity (Wildman–Crippen MR) is 75.6 cm³/mol. The fourth-order valence-electron chi connectivity index (χ4n) is 2.55. The monoisotopic (exact) mass is 290 g/mol. The molecule has 112 valence electrons. The van der Waals surface area contributed by atoms with Crippen molar-refractivity contribution in [3.63, 3.8) is 0 Å². The number of amides is 1. The summed E-state index contributed by atoms with van der Waals surface area (Å²) in [5, 5.41) is 0. The lowest BCUT2D eigenvalue weighted by Gasteiger charge is -2.18. The standard InChI is InChI=1S/C15H18N2O4/c1-16-5-2-6-17(9-15(16)19)8-12(18)11-3-4-13-14(7-11)21-10-20-13/h3-4,7H,2,5-6,8-10H2,1H3. The fraction of sp³-hybridized carbons (Fsp3) is 0.467. The van der Waals surface area contributed by atoms with E-state index in [-0.39, 0.29) is 25.0 Å². The van der Waals surface area contributed by atoms with Gasteiger partial charge in [0.25, 0.3) is 0 Å². The summed E-state index contributed by atoms with van der Waals surface area (Å²) in [5.74, 6) is 1.32. The van der Waals surface area contributed by atoms with Crippen LogP contribution in [0.15, 0.2) is 18.2 Å². The molecule has 0 aliphatic carbocycles. The number of rotatable bonds is 3. The minimum absolute atomic E-state index is 0.00865. The molecular weight excluding hydrogens is 272 g/mol. The average molecular weight is 290 g/mol. The first-order valence-electron chi connectivity index (χ1n) is 7.02. The maximum Gasteiger partial charge on any atom is 0.236 e. The number of hydrogen-bond acceptors (Lipinski definition) is 5. The Hall–Kier alpha value is -2.08. The van der Waals surface area contributed by atoms with E-state index in [1.165, 1.54) is 0 Å². The number of ketones is 1. The van der Waals surface area contributed by atoms with Crippen molar-refractivity contribution in [2.24, 2.45) is 0 Å². The third-order valence-corrected chi connectivity index (χ3v) is 3.81. The van der Waals surface area contributed by atoms with E-state index in [2.05, 4.69) is 0 Å². The smallest absolute Gasteiger partial charge is 0.236 e. The molecule has 2 aliphatic rings. The summed E-state index contributed by atoms with van der Waals surface area (Å²) >= 11 is 0. The van der Waals surface area contributed by atoms with Crippen LogP contribution in [0.1, 0.15) is 16.8 Å². The Labute approximate surface area is 123 Å². The normalized spacial score (nSPS) is 18.7. The van der Waals surface area contributed by atoms with E-state index >= 15 is 0 Å². The van der Waals surface area contributed by atoms with Crippen LogP contribution in [0.5, 0.6) is 11.5 Å². The molecule has 2 aliphatic heterocycles. The molecule has 6 heteroatoms. The number of carbonyl (C=O) groups is 2. The second-order valence-corrected chi connectivity index (χ2v) is 5.37. The summed E-state index contributed by atoms with van der Waals surface area (Å²) in [6.45, 7) is 2.24. The first-order valence-corrected chi connectivity index (χ1v) is 7.02. The Morgan fingerprint density at radius 2 is 2.05 bits per heavy atom. The molecule has 1 aromatic rings. The highest BCUT2D eigenvalue weighted by Crippen LogP contribution is 2.32. The van der Waals surface area contributed by atoms with Gasteiger partial charge in [0.15, 0.2) is 17.3 Å². The molecule has 21 heavy (non-hydrogen) atoms. The molecule has 0 atom stereocenters. The Morgan fingerprint density at radius 3 is 2.90 bits per heavy atom. The van der Waals surface area contributed by atoms with Crippen LogP contribution in [0.2, 0.25) is 0 Å². The van der Waals surface area contributed by atoms with Crippen molar-refractivity contribution in [1.29, 1.82) is 0 Å². The van der Waals surface area contributed by atoms with Gasteiger partial charge in [-0.2, -0.15) is 0 Å². The number of carbonyl (C=O) groups excluding carboxylic acids is 2. The van der Waals surface area contributed by atoms with E-state index in [0.717, 1.165) is 19.5 Å². The van der Waals surface area contributed by atoms with Gasteiger partial charge in [-0.25, -0.2) is 0 Å². The zero-order valence-electron chi connectivity index (χ0n) is 12.0. The number of benzene rings is 1. The van der Waals surface area contributed by atoms with Crippen LogP contribution < -0.4 is 9.47 Å². The maximum atomic E-state index is 12.4. The van der Waals surface area contributed by atoms with Crippen LogP contribution in [0.25, 0.3) is 0 Å². The molecule has 3 rings (SSSR count). The van der Waals surface area contributed by atoms with Gasteiger partial charge in [-0.05, 0) is 24.6 Å². The highest BCUT2D eigenvalue weighted by Gasteiger charge is 2.22. The second kappa shape index (κ2) is 5.73. The summed E-state index contributed by atoms with van der Waals surface area (Å²) in [6, 6.07) is 5.19. The predicted octanol–water partition coefficient (Wildman–Crippen LogP) is 0.762. The molecule has 0 bridgehead atoms. The van der Waals surface area contributed by atoms with Crippen LogP contribution in [0.4, 0.5) is 0 Å². The second-order valence-electron chi connectivity index (χ2n) is 5.37. The van der Waals surface area contributed by atoms with Gasteiger partial charge in [-0.3, -0.25) is 14.5 Å². The first kappa shape index (κ1) is 13.9. The van der Waals surface area contributed by atoms with Crippen LogP contribution in [0.3, 0.4) is 0 Å². The van der Waals surface area contributed by atoms with Gasteiger partial charge in [-0.1, -0.05) is 0 Å². The van der Waals surface area contributed by atoms with Crippen LogP contribution in [0, 0.1) is 0 Å². The number of ether oxygens (including phenoxy) is 2. The van der Waals surface area contributed by atoms with Crippen molar-refractivity contribution in [1.82, 2.24) is 9.80 Å².